The van der Waals surface area contributed by atoms with Crippen molar-refractivity contribution in [2.45, 2.75) is 66.1 Å². The molecule has 1 N–H and O–H groups in total. The molecule has 0 aliphatic rings. The Morgan fingerprint density at radius 3 is 2.30 bits per heavy atom. The van der Waals surface area contributed by atoms with Gasteiger partial charge in [-0.3, -0.25) is 9.59 Å². The van der Waals surface area contributed by atoms with Gasteiger partial charge in [-0.1, -0.05) is 55.8 Å². The predicted molar refractivity (Wildman–Crippen MR) is 120 cm³/mol. The molecule has 5 nitrogen and oxygen atoms in total. The summed E-state index contributed by atoms with van der Waals surface area (Å²) >= 11 is 0. The number of nitrogens with one attached hydrogen (secondary N) is 1. The average molecular weight is 411 g/mol. The summed E-state index contributed by atoms with van der Waals surface area (Å²) in [7, 11) is 0. The predicted octanol–water partition coefficient (Wildman–Crippen LogP) is 4.27. The van der Waals surface area contributed by atoms with Gasteiger partial charge in [-0.15, -0.1) is 0 Å². The monoisotopic (exact) mass is 410 g/mol. The summed E-state index contributed by atoms with van der Waals surface area (Å²) in [5.41, 5.74) is 3.32. The molecule has 0 aliphatic heterocycles. The first kappa shape index (κ1) is 23.5. The number of carbonyl (C=O) groups excluding carboxylic acids is 2. The second-order valence-electron chi connectivity index (χ2n) is 7.88. The molecule has 0 bridgehead atoms. The standard InChI is InChI=1S/C25H34N2O3/c1-6-20-11-13-22(14-12-20)30-17-24(28)27(16-21-10-8-9-19(5)15-21)23(7-2)25(29)26-18(3)4/h8-15,18,23H,6-7,16-17H2,1-5H3,(H,26,29)/t23-/m1/s1. The number of hydrogen-bond donors (Lipinski definition) is 1. The quantitative estimate of drug-likeness (QED) is 0.636. The number of ether oxygens (including phenoxy) is 1. The second-order valence-corrected chi connectivity index (χ2v) is 7.88. The van der Waals surface area contributed by atoms with Crippen molar-refractivity contribution in [2.75, 3.05) is 6.61 Å². The molecule has 0 saturated carbocycles. The van der Waals surface area contributed by atoms with Gasteiger partial charge in [-0.05, 0) is 56.9 Å². The van der Waals surface area contributed by atoms with Crippen LogP contribution in [0.5, 0.6) is 5.75 Å². The van der Waals surface area contributed by atoms with Gasteiger partial charge in [0.2, 0.25) is 5.91 Å². The van der Waals surface area contributed by atoms with Crippen molar-refractivity contribution in [1.82, 2.24) is 10.2 Å². The highest BCUT2D eigenvalue weighted by atomic mass is 16.5. The summed E-state index contributed by atoms with van der Waals surface area (Å²) in [5.74, 6) is 0.304. The van der Waals surface area contributed by atoms with Gasteiger partial charge >= 0.3 is 0 Å². The Labute approximate surface area is 180 Å². The van der Waals surface area contributed by atoms with Gasteiger partial charge in [0.1, 0.15) is 11.8 Å². The van der Waals surface area contributed by atoms with Gasteiger partial charge in [0, 0.05) is 12.6 Å². The molecule has 0 fully saturated rings. The smallest absolute Gasteiger partial charge is 0.261 e. The van der Waals surface area contributed by atoms with Crippen LogP contribution in [0.25, 0.3) is 0 Å². The molecule has 1 atom stereocenters. The van der Waals surface area contributed by atoms with Gasteiger partial charge in [-0.25, -0.2) is 0 Å². The molecule has 2 amide bonds. The van der Waals surface area contributed by atoms with E-state index in [1.165, 1.54) is 5.56 Å². The van der Waals surface area contributed by atoms with Crippen LogP contribution in [0, 0.1) is 6.92 Å². The first-order valence-electron chi connectivity index (χ1n) is 10.7. The molecule has 5 heteroatoms. The maximum absolute atomic E-state index is 13.1. The van der Waals surface area contributed by atoms with Crippen LogP contribution in [0.15, 0.2) is 48.5 Å². The fourth-order valence-electron chi connectivity index (χ4n) is 3.36. The van der Waals surface area contributed by atoms with Crippen molar-refractivity contribution in [3.05, 3.63) is 65.2 Å². The molecule has 2 aromatic rings. The number of aryl methyl sites for hydroxylation is 2. The van der Waals surface area contributed by atoms with Gasteiger partial charge in [0.15, 0.2) is 6.61 Å². The normalized spacial score (nSPS) is 11.8. The van der Waals surface area contributed by atoms with Crippen LogP contribution in [-0.2, 0) is 22.6 Å². The van der Waals surface area contributed by atoms with E-state index in [-0.39, 0.29) is 24.5 Å². The number of carbonyl (C=O) groups is 2. The summed E-state index contributed by atoms with van der Waals surface area (Å²) in [6, 6.07) is 15.2. The largest absolute Gasteiger partial charge is 0.484 e. The lowest BCUT2D eigenvalue weighted by molar-refractivity contribution is -0.143. The van der Waals surface area contributed by atoms with Crippen molar-refractivity contribution >= 4 is 11.8 Å². The highest BCUT2D eigenvalue weighted by Crippen LogP contribution is 2.16. The summed E-state index contributed by atoms with van der Waals surface area (Å²) in [6.45, 7) is 10.1. The van der Waals surface area contributed by atoms with Crippen molar-refractivity contribution in [3.63, 3.8) is 0 Å². The lowest BCUT2D eigenvalue weighted by Gasteiger charge is -2.31. The van der Waals surface area contributed by atoms with E-state index in [1.807, 2.05) is 76.2 Å². The van der Waals surface area contributed by atoms with E-state index in [0.29, 0.717) is 18.7 Å². The van der Waals surface area contributed by atoms with Crippen LogP contribution in [0.3, 0.4) is 0 Å². The molecule has 0 heterocycles. The Balaban J connectivity index is 2.18. The zero-order chi connectivity index (χ0) is 22.1. The molecule has 0 saturated heterocycles. The SMILES string of the molecule is CCc1ccc(OCC(=O)N(Cc2cccc(C)c2)[C@H](CC)C(=O)NC(C)C)cc1. The van der Waals surface area contributed by atoms with E-state index < -0.39 is 6.04 Å². The molecule has 0 unspecified atom stereocenters. The van der Waals surface area contributed by atoms with E-state index >= 15 is 0 Å². The molecule has 0 aliphatic carbocycles. The summed E-state index contributed by atoms with van der Waals surface area (Å²) in [4.78, 5) is 27.6. The van der Waals surface area contributed by atoms with Gasteiger partial charge in [-0.2, -0.15) is 0 Å². The van der Waals surface area contributed by atoms with Gasteiger partial charge < -0.3 is 15.0 Å². The molecule has 30 heavy (non-hydrogen) atoms. The van der Waals surface area contributed by atoms with Gasteiger partial charge in [0.05, 0.1) is 0 Å². The Bertz CT molecular complexity index is 831. The molecule has 2 aromatic carbocycles. The van der Waals surface area contributed by atoms with Crippen LogP contribution in [-0.4, -0.2) is 35.4 Å². The van der Waals surface area contributed by atoms with E-state index in [4.69, 9.17) is 4.74 Å². The third-order valence-corrected chi connectivity index (χ3v) is 4.95. The maximum Gasteiger partial charge on any atom is 0.261 e. The number of benzene rings is 2. The minimum Gasteiger partial charge on any atom is -0.484 e. The number of hydrogen-bond acceptors (Lipinski definition) is 3. The first-order valence-corrected chi connectivity index (χ1v) is 10.7. The van der Waals surface area contributed by atoms with Crippen LogP contribution < -0.4 is 10.1 Å². The molecule has 2 rings (SSSR count). The lowest BCUT2D eigenvalue weighted by atomic mass is 10.1. The summed E-state index contributed by atoms with van der Waals surface area (Å²) in [5, 5.41) is 2.94. The van der Waals surface area contributed by atoms with Crippen molar-refractivity contribution < 1.29 is 14.3 Å². The second kappa shape index (κ2) is 11.4. The van der Waals surface area contributed by atoms with E-state index in [2.05, 4.69) is 12.2 Å². The fraction of sp³-hybridized carbons (Fsp3) is 0.440. The molecule has 0 aromatic heterocycles. The zero-order valence-electron chi connectivity index (χ0n) is 18.8. The van der Waals surface area contributed by atoms with Gasteiger partial charge in [0.25, 0.3) is 5.91 Å². The van der Waals surface area contributed by atoms with Crippen molar-refractivity contribution in [2.24, 2.45) is 0 Å². The molecule has 0 spiro atoms. The van der Waals surface area contributed by atoms with Crippen LogP contribution in [0.4, 0.5) is 0 Å². The molecule has 0 radical (unpaired) electrons. The van der Waals surface area contributed by atoms with Crippen molar-refractivity contribution in [1.29, 1.82) is 0 Å². The fourth-order valence-corrected chi connectivity index (χ4v) is 3.36. The Morgan fingerprint density at radius 1 is 1.03 bits per heavy atom. The zero-order valence-corrected chi connectivity index (χ0v) is 18.8. The number of rotatable bonds is 10. The minimum absolute atomic E-state index is 0.0100. The lowest BCUT2D eigenvalue weighted by Crippen LogP contribution is -2.51. The Kier molecular flexibility index (Phi) is 8.90. The summed E-state index contributed by atoms with van der Waals surface area (Å²) < 4.78 is 5.74. The van der Waals surface area contributed by atoms with E-state index in [0.717, 1.165) is 17.5 Å². The maximum atomic E-state index is 13.1. The van der Waals surface area contributed by atoms with E-state index in [9.17, 15) is 9.59 Å². The highest BCUT2D eigenvalue weighted by molar-refractivity contribution is 5.88. The van der Waals surface area contributed by atoms with Crippen molar-refractivity contribution in [3.8, 4) is 5.75 Å². The first-order chi connectivity index (χ1) is 14.3. The highest BCUT2D eigenvalue weighted by Gasteiger charge is 2.29. The average Bonchev–Trinajstić information content (AvgIpc) is 2.71. The molecular weight excluding hydrogens is 376 g/mol. The Hall–Kier alpha value is -2.82. The van der Waals surface area contributed by atoms with Crippen LogP contribution in [0.1, 0.15) is 50.8 Å². The van der Waals surface area contributed by atoms with E-state index in [1.54, 1.807) is 4.90 Å². The molecular formula is C25H34N2O3. The molecule has 162 valence electrons. The third kappa shape index (κ3) is 6.90. The number of nitrogens with zero attached hydrogens (tertiary/aromatic N) is 1. The number of amides is 2. The van der Waals surface area contributed by atoms with Crippen LogP contribution >= 0.6 is 0 Å². The minimum atomic E-state index is -0.550. The topological polar surface area (TPSA) is 58.6 Å². The third-order valence-electron chi connectivity index (χ3n) is 4.95. The van der Waals surface area contributed by atoms with Crippen LogP contribution in [0.2, 0.25) is 0 Å². The summed E-state index contributed by atoms with van der Waals surface area (Å²) in [6.07, 6.45) is 1.48. The Morgan fingerprint density at radius 2 is 1.73 bits per heavy atom.